The van der Waals surface area contributed by atoms with E-state index in [0.29, 0.717) is 12.8 Å². The van der Waals surface area contributed by atoms with E-state index in [0.717, 1.165) is 28.7 Å². The molecular formula is C22H24O2. The van der Waals surface area contributed by atoms with E-state index >= 15 is 0 Å². The van der Waals surface area contributed by atoms with E-state index in [-0.39, 0.29) is 12.2 Å². The van der Waals surface area contributed by atoms with Gasteiger partial charge >= 0.3 is 0 Å². The number of carbonyl (C=O) groups is 1. The van der Waals surface area contributed by atoms with E-state index in [1.165, 1.54) is 0 Å². The Labute approximate surface area is 144 Å². The number of aryl methyl sites for hydroxylation is 1. The molecule has 0 aliphatic rings. The standard InChI is InChI=1S/C22H24O2/c1-3-19-12-10-18(14-20(19)4-2)15-22(24)16-21(23)13-11-17-8-6-5-7-9-17/h3-10,12,14,22,24H,1-2,11,13,15-16H2. The maximum absolute atomic E-state index is 12.1. The quantitative estimate of drug-likeness (QED) is 0.740. The van der Waals surface area contributed by atoms with E-state index < -0.39 is 6.10 Å². The number of Topliss-reactive ketones (excluding diaryl/α,β-unsaturated/α-hetero) is 1. The molecule has 0 heterocycles. The molecule has 0 amide bonds. The summed E-state index contributed by atoms with van der Waals surface area (Å²) in [6, 6.07) is 15.8. The molecule has 0 radical (unpaired) electrons. The van der Waals surface area contributed by atoms with Crippen molar-refractivity contribution in [2.24, 2.45) is 0 Å². The summed E-state index contributed by atoms with van der Waals surface area (Å²) in [4.78, 5) is 12.1. The zero-order valence-corrected chi connectivity index (χ0v) is 13.9. The van der Waals surface area contributed by atoms with E-state index in [1.54, 1.807) is 12.2 Å². The normalized spacial score (nSPS) is 11.7. The molecule has 0 aromatic heterocycles. The van der Waals surface area contributed by atoms with E-state index in [4.69, 9.17) is 0 Å². The van der Waals surface area contributed by atoms with Gasteiger partial charge < -0.3 is 5.11 Å². The minimum absolute atomic E-state index is 0.0954. The Balaban J connectivity index is 1.86. The summed E-state index contributed by atoms with van der Waals surface area (Å²) in [6.45, 7) is 7.57. The average Bonchev–Trinajstić information content (AvgIpc) is 2.60. The fourth-order valence-electron chi connectivity index (χ4n) is 2.75. The molecule has 2 heteroatoms. The molecule has 2 aromatic rings. The van der Waals surface area contributed by atoms with Crippen LogP contribution in [-0.4, -0.2) is 17.0 Å². The molecular weight excluding hydrogens is 296 g/mol. The summed E-state index contributed by atoms with van der Waals surface area (Å²) in [6.07, 6.45) is 4.76. The summed E-state index contributed by atoms with van der Waals surface area (Å²) in [7, 11) is 0. The minimum atomic E-state index is -0.652. The summed E-state index contributed by atoms with van der Waals surface area (Å²) in [5.74, 6) is 0.0954. The van der Waals surface area contributed by atoms with Crippen LogP contribution in [0.1, 0.15) is 35.1 Å². The predicted octanol–water partition coefficient (Wildman–Crippen LogP) is 4.47. The molecule has 0 aliphatic carbocycles. The number of benzene rings is 2. The predicted molar refractivity (Wildman–Crippen MR) is 101 cm³/mol. The van der Waals surface area contributed by atoms with E-state index in [1.807, 2.05) is 48.5 Å². The van der Waals surface area contributed by atoms with Crippen LogP contribution >= 0.6 is 0 Å². The maximum Gasteiger partial charge on any atom is 0.135 e. The zero-order chi connectivity index (χ0) is 17.4. The van der Waals surface area contributed by atoms with Crippen molar-refractivity contribution >= 4 is 17.9 Å². The number of ketones is 1. The fourth-order valence-corrected chi connectivity index (χ4v) is 2.75. The molecule has 24 heavy (non-hydrogen) atoms. The first-order valence-corrected chi connectivity index (χ1v) is 8.24. The second-order valence-corrected chi connectivity index (χ2v) is 5.96. The van der Waals surface area contributed by atoms with Gasteiger partial charge in [-0.2, -0.15) is 0 Å². The van der Waals surface area contributed by atoms with Crippen molar-refractivity contribution < 1.29 is 9.90 Å². The third-order valence-electron chi connectivity index (χ3n) is 4.06. The number of aliphatic hydroxyl groups excluding tert-OH is 1. The monoisotopic (exact) mass is 320 g/mol. The van der Waals surface area contributed by atoms with Crippen molar-refractivity contribution in [3.8, 4) is 0 Å². The first-order valence-electron chi connectivity index (χ1n) is 8.24. The van der Waals surface area contributed by atoms with Crippen molar-refractivity contribution in [2.75, 3.05) is 0 Å². The van der Waals surface area contributed by atoms with Crippen LogP contribution in [0, 0.1) is 0 Å². The molecule has 0 bridgehead atoms. The second kappa shape index (κ2) is 8.99. The highest BCUT2D eigenvalue weighted by Crippen LogP contribution is 2.17. The number of carbonyl (C=O) groups excluding carboxylic acids is 1. The molecule has 124 valence electrons. The minimum Gasteiger partial charge on any atom is -0.392 e. The Bertz CT molecular complexity index is 701. The SMILES string of the molecule is C=Cc1ccc(CC(O)CC(=O)CCc2ccccc2)cc1C=C. The van der Waals surface area contributed by atoms with Crippen molar-refractivity contribution in [3.63, 3.8) is 0 Å². The lowest BCUT2D eigenvalue weighted by molar-refractivity contribution is -0.120. The van der Waals surface area contributed by atoms with Gasteiger partial charge in [0, 0.05) is 12.8 Å². The molecule has 2 nitrogen and oxygen atoms in total. The molecule has 0 saturated carbocycles. The highest BCUT2D eigenvalue weighted by atomic mass is 16.3. The summed E-state index contributed by atoms with van der Waals surface area (Å²) < 4.78 is 0. The Kier molecular flexibility index (Phi) is 6.71. The van der Waals surface area contributed by atoms with Crippen molar-refractivity contribution in [1.29, 1.82) is 0 Å². The van der Waals surface area contributed by atoms with Gasteiger partial charge in [-0.3, -0.25) is 4.79 Å². The molecule has 1 N–H and O–H groups in total. The molecule has 0 aliphatic heterocycles. The molecule has 0 spiro atoms. The molecule has 2 rings (SSSR count). The zero-order valence-electron chi connectivity index (χ0n) is 13.9. The largest absolute Gasteiger partial charge is 0.392 e. The maximum atomic E-state index is 12.1. The van der Waals surface area contributed by atoms with Gasteiger partial charge in [0.25, 0.3) is 0 Å². The van der Waals surface area contributed by atoms with Crippen molar-refractivity contribution in [2.45, 2.75) is 31.8 Å². The molecule has 2 aromatic carbocycles. The smallest absolute Gasteiger partial charge is 0.135 e. The van der Waals surface area contributed by atoms with Crippen LogP contribution in [0.3, 0.4) is 0 Å². The van der Waals surface area contributed by atoms with Gasteiger partial charge in [0.15, 0.2) is 0 Å². The number of aliphatic hydroxyl groups is 1. The lowest BCUT2D eigenvalue weighted by Gasteiger charge is -2.12. The Morgan fingerprint density at radius 2 is 1.71 bits per heavy atom. The van der Waals surface area contributed by atoms with Crippen LogP contribution in [0.5, 0.6) is 0 Å². The Hall–Kier alpha value is -2.45. The molecule has 0 fully saturated rings. The van der Waals surface area contributed by atoms with Gasteiger partial charge in [0.2, 0.25) is 0 Å². The van der Waals surface area contributed by atoms with Crippen LogP contribution in [-0.2, 0) is 17.6 Å². The average molecular weight is 320 g/mol. The highest BCUT2D eigenvalue weighted by Gasteiger charge is 2.12. The van der Waals surface area contributed by atoms with Crippen LogP contribution in [0.4, 0.5) is 0 Å². The third-order valence-corrected chi connectivity index (χ3v) is 4.06. The van der Waals surface area contributed by atoms with Crippen LogP contribution in [0.15, 0.2) is 61.7 Å². The van der Waals surface area contributed by atoms with Gasteiger partial charge in [-0.1, -0.05) is 73.8 Å². The van der Waals surface area contributed by atoms with Crippen molar-refractivity contribution in [3.05, 3.63) is 83.9 Å². The first-order chi connectivity index (χ1) is 11.6. The first kappa shape index (κ1) is 17.9. The van der Waals surface area contributed by atoms with Gasteiger partial charge in [-0.25, -0.2) is 0 Å². The molecule has 1 atom stereocenters. The summed E-state index contributed by atoms with van der Waals surface area (Å²) in [5.41, 5.74) is 4.15. The Morgan fingerprint density at radius 1 is 1.00 bits per heavy atom. The van der Waals surface area contributed by atoms with E-state index in [9.17, 15) is 9.90 Å². The highest BCUT2D eigenvalue weighted by molar-refractivity contribution is 5.79. The van der Waals surface area contributed by atoms with Gasteiger partial charge in [0.05, 0.1) is 6.10 Å². The molecule has 1 unspecified atom stereocenters. The molecule has 0 saturated heterocycles. The number of rotatable bonds is 9. The second-order valence-electron chi connectivity index (χ2n) is 5.96. The van der Waals surface area contributed by atoms with E-state index in [2.05, 4.69) is 13.2 Å². The lowest BCUT2D eigenvalue weighted by atomic mass is 9.97. The Morgan fingerprint density at radius 3 is 2.38 bits per heavy atom. The van der Waals surface area contributed by atoms with Gasteiger partial charge in [-0.05, 0) is 35.1 Å². The lowest BCUT2D eigenvalue weighted by Crippen LogP contribution is -2.16. The van der Waals surface area contributed by atoms with Gasteiger partial charge in [0.1, 0.15) is 5.78 Å². The van der Waals surface area contributed by atoms with Gasteiger partial charge in [-0.15, -0.1) is 0 Å². The topological polar surface area (TPSA) is 37.3 Å². The number of hydrogen-bond donors (Lipinski definition) is 1. The van der Waals surface area contributed by atoms with Crippen LogP contribution < -0.4 is 0 Å². The van der Waals surface area contributed by atoms with Crippen LogP contribution in [0.2, 0.25) is 0 Å². The van der Waals surface area contributed by atoms with Crippen molar-refractivity contribution in [1.82, 2.24) is 0 Å². The fraction of sp³-hybridized carbons (Fsp3) is 0.227. The number of hydrogen-bond acceptors (Lipinski definition) is 2. The van der Waals surface area contributed by atoms with Crippen LogP contribution in [0.25, 0.3) is 12.2 Å². The summed E-state index contributed by atoms with van der Waals surface area (Å²) >= 11 is 0. The third kappa shape index (κ3) is 5.32. The summed E-state index contributed by atoms with van der Waals surface area (Å²) in [5, 5.41) is 10.2.